The lowest BCUT2D eigenvalue weighted by atomic mass is 10.0. The molecule has 0 aliphatic carbocycles. The van der Waals surface area contributed by atoms with Crippen LogP contribution in [0.15, 0.2) is 0 Å². The molecule has 3 heterocycles. The Morgan fingerprint density at radius 1 is 1.47 bits per heavy atom. The maximum absolute atomic E-state index is 4.57. The molecule has 0 saturated carbocycles. The van der Waals surface area contributed by atoms with E-state index in [0.29, 0.717) is 12.0 Å². The highest BCUT2D eigenvalue weighted by Crippen LogP contribution is 2.30. The first-order valence-corrected chi connectivity index (χ1v) is 5.99. The van der Waals surface area contributed by atoms with E-state index >= 15 is 0 Å². The highest BCUT2D eigenvalue weighted by Gasteiger charge is 2.28. The van der Waals surface area contributed by atoms with Crippen LogP contribution in [-0.2, 0) is 0 Å². The number of rotatable bonds is 1. The van der Waals surface area contributed by atoms with Crippen LogP contribution in [0.4, 0.5) is 0 Å². The molecule has 2 aromatic rings. The molecule has 0 bridgehead atoms. The Kier molecular flexibility index (Phi) is 2.00. The van der Waals surface area contributed by atoms with E-state index in [0.717, 1.165) is 17.3 Å². The number of fused-ring (bicyclic) bond motifs is 1. The van der Waals surface area contributed by atoms with Crippen molar-refractivity contribution in [2.24, 2.45) is 0 Å². The van der Waals surface area contributed by atoms with Gasteiger partial charge in [-0.05, 0) is 26.8 Å². The molecular weight excluding hydrogens is 210 g/mol. The van der Waals surface area contributed by atoms with Gasteiger partial charge in [0.15, 0.2) is 5.82 Å². The SMILES string of the molecule is Cc1nnc2sc(C3CCNC3C)nn12. The summed E-state index contributed by atoms with van der Waals surface area (Å²) < 4.78 is 1.84. The molecule has 1 N–H and O–H groups in total. The zero-order valence-corrected chi connectivity index (χ0v) is 9.58. The molecule has 2 atom stereocenters. The van der Waals surface area contributed by atoms with Crippen LogP contribution in [0.2, 0.25) is 0 Å². The lowest BCUT2D eigenvalue weighted by Gasteiger charge is -2.10. The van der Waals surface area contributed by atoms with Gasteiger partial charge in [-0.3, -0.25) is 0 Å². The fourth-order valence-electron chi connectivity index (χ4n) is 2.08. The zero-order chi connectivity index (χ0) is 10.4. The minimum absolute atomic E-state index is 0.522. The van der Waals surface area contributed by atoms with E-state index in [4.69, 9.17) is 0 Å². The van der Waals surface area contributed by atoms with Crippen molar-refractivity contribution in [1.82, 2.24) is 25.1 Å². The van der Waals surface area contributed by atoms with Crippen molar-refractivity contribution in [3.05, 3.63) is 10.8 Å². The fourth-order valence-corrected chi connectivity index (χ4v) is 3.20. The van der Waals surface area contributed by atoms with Gasteiger partial charge in [0, 0.05) is 12.0 Å². The summed E-state index contributed by atoms with van der Waals surface area (Å²) in [5.41, 5.74) is 0. The summed E-state index contributed by atoms with van der Waals surface area (Å²) in [5, 5.41) is 17.3. The molecule has 0 aromatic carbocycles. The Morgan fingerprint density at radius 2 is 2.33 bits per heavy atom. The van der Waals surface area contributed by atoms with Gasteiger partial charge in [0.1, 0.15) is 5.01 Å². The molecule has 15 heavy (non-hydrogen) atoms. The van der Waals surface area contributed by atoms with Crippen molar-refractivity contribution in [3.63, 3.8) is 0 Å². The van der Waals surface area contributed by atoms with Crippen molar-refractivity contribution < 1.29 is 0 Å². The molecule has 0 radical (unpaired) electrons. The third-order valence-corrected chi connectivity index (χ3v) is 4.04. The smallest absolute Gasteiger partial charge is 0.234 e. The van der Waals surface area contributed by atoms with Crippen molar-refractivity contribution in [3.8, 4) is 0 Å². The quantitative estimate of drug-likeness (QED) is 0.782. The summed E-state index contributed by atoms with van der Waals surface area (Å²) in [4.78, 5) is 0.904. The largest absolute Gasteiger partial charge is 0.314 e. The molecule has 1 saturated heterocycles. The van der Waals surface area contributed by atoms with Crippen molar-refractivity contribution >= 4 is 16.3 Å². The van der Waals surface area contributed by atoms with Crippen LogP contribution >= 0.6 is 11.3 Å². The summed E-state index contributed by atoms with van der Waals surface area (Å²) in [7, 11) is 0. The monoisotopic (exact) mass is 223 g/mol. The maximum atomic E-state index is 4.57. The predicted molar refractivity (Wildman–Crippen MR) is 58.2 cm³/mol. The number of aromatic nitrogens is 4. The molecule has 3 rings (SSSR count). The first-order valence-electron chi connectivity index (χ1n) is 5.18. The molecule has 1 aliphatic rings. The van der Waals surface area contributed by atoms with Gasteiger partial charge in [0.2, 0.25) is 4.96 Å². The van der Waals surface area contributed by atoms with E-state index in [2.05, 4.69) is 27.5 Å². The van der Waals surface area contributed by atoms with Crippen LogP contribution in [-0.4, -0.2) is 32.4 Å². The van der Waals surface area contributed by atoms with E-state index in [1.807, 2.05) is 11.4 Å². The minimum atomic E-state index is 0.522. The highest BCUT2D eigenvalue weighted by molar-refractivity contribution is 7.16. The normalized spacial score (nSPS) is 26.5. The maximum Gasteiger partial charge on any atom is 0.234 e. The van der Waals surface area contributed by atoms with Gasteiger partial charge in [-0.15, -0.1) is 10.2 Å². The lowest BCUT2D eigenvalue weighted by molar-refractivity contribution is 0.584. The summed E-state index contributed by atoms with van der Waals surface area (Å²) >= 11 is 1.66. The number of aryl methyl sites for hydroxylation is 1. The van der Waals surface area contributed by atoms with Gasteiger partial charge in [-0.25, -0.2) is 0 Å². The Hall–Kier alpha value is -1.01. The van der Waals surface area contributed by atoms with Gasteiger partial charge in [0.25, 0.3) is 0 Å². The highest BCUT2D eigenvalue weighted by atomic mass is 32.1. The molecule has 80 valence electrons. The summed E-state index contributed by atoms with van der Waals surface area (Å²) in [6.45, 7) is 5.23. The molecule has 2 unspecified atom stereocenters. The second-order valence-electron chi connectivity index (χ2n) is 4.02. The van der Waals surface area contributed by atoms with Crippen LogP contribution in [0.3, 0.4) is 0 Å². The van der Waals surface area contributed by atoms with Crippen LogP contribution in [0, 0.1) is 6.92 Å². The van der Waals surface area contributed by atoms with Crippen molar-refractivity contribution in [2.75, 3.05) is 6.54 Å². The van der Waals surface area contributed by atoms with Gasteiger partial charge in [0.05, 0.1) is 0 Å². The van der Waals surface area contributed by atoms with E-state index < -0.39 is 0 Å². The first-order chi connectivity index (χ1) is 7.25. The van der Waals surface area contributed by atoms with Gasteiger partial charge >= 0.3 is 0 Å². The number of nitrogens with one attached hydrogen (secondary N) is 1. The van der Waals surface area contributed by atoms with Crippen LogP contribution in [0.1, 0.15) is 30.1 Å². The standard InChI is InChI=1S/C9H13N5S/c1-5-7(3-4-10-5)8-13-14-6(2)11-12-9(14)15-8/h5,7,10H,3-4H2,1-2H3. The van der Waals surface area contributed by atoms with Crippen LogP contribution in [0.5, 0.6) is 0 Å². The topological polar surface area (TPSA) is 55.1 Å². The molecule has 0 spiro atoms. The Morgan fingerprint density at radius 3 is 3.00 bits per heavy atom. The first kappa shape index (κ1) is 9.23. The molecule has 2 aromatic heterocycles. The summed E-state index contributed by atoms with van der Waals surface area (Å²) in [6.07, 6.45) is 1.17. The van der Waals surface area contributed by atoms with E-state index in [1.54, 1.807) is 11.3 Å². The third kappa shape index (κ3) is 1.36. The minimum Gasteiger partial charge on any atom is -0.314 e. The second kappa shape index (κ2) is 3.24. The average molecular weight is 223 g/mol. The molecule has 1 aliphatic heterocycles. The predicted octanol–water partition coefficient (Wildman–Crippen LogP) is 0.960. The Balaban J connectivity index is 2.04. The summed E-state index contributed by atoms with van der Waals surface area (Å²) in [5.74, 6) is 1.40. The molecule has 5 nitrogen and oxygen atoms in total. The average Bonchev–Trinajstić information content (AvgIpc) is 2.84. The molecule has 6 heteroatoms. The van der Waals surface area contributed by atoms with Crippen molar-refractivity contribution in [1.29, 1.82) is 0 Å². The lowest BCUT2D eigenvalue weighted by Crippen LogP contribution is -2.21. The van der Waals surface area contributed by atoms with E-state index in [1.165, 1.54) is 11.4 Å². The number of hydrogen-bond acceptors (Lipinski definition) is 5. The van der Waals surface area contributed by atoms with Crippen molar-refractivity contribution in [2.45, 2.75) is 32.2 Å². The van der Waals surface area contributed by atoms with E-state index in [-0.39, 0.29) is 0 Å². The zero-order valence-electron chi connectivity index (χ0n) is 8.77. The third-order valence-electron chi connectivity index (χ3n) is 3.00. The molecule has 0 amide bonds. The number of nitrogens with zero attached hydrogens (tertiary/aromatic N) is 4. The van der Waals surface area contributed by atoms with Gasteiger partial charge in [-0.1, -0.05) is 11.3 Å². The molecular formula is C9H13N5S. The Bertz CT molecular complexity index is 488. The van der Waals surface area contributed by atoms with Crippen LogP contribution in [0.25, 0.3) is 4.96 Å². The second-order valence-corrected chi connectivity index (χ2v) is 5.01. The number of hydrogen-bond donors (Lipinski definition) is 1. The van der Waals surface area contributed by atoms with Gasteiger partial charge < -0.3 is 5.32 Å². The molecule has 1 fully saturated rings. The van der Waals surface area contributed by atoms with Gasteiger partial charge in [-0.2, -0.15) is 9.61 Å². The Labute approximate surface area is 91.5 Å². The fraction of sp³-hybridized carbons (Fsp3) is 0.667. The van der Waals surface area contributed by atoms with Crippen LogP contribution < -0.4 is 5.32 Å². The van der Waals surface area contributed by atoms with E-state index in [9.17, 15) is 0 Å². The summed E-state index contributed by atoms with van der Waals surface area (Å²) in [6, 6.07) is 0.522.